The van der Waals surface area contributed by atoms with E-state index in [0.29, 0.717) is 5.69 Å². The Morgan fingerprint density at radius 2 is 1.84 bits per heavy atom. The van der Waals surface area contributed by atoms with E-state index in [0.717, 1.165) is 0 Å². The number of nitrogens with zero attached hydrogens (tertiary/aromatic N) is 3. The molecule has 1 unspecified atom stereocenters. The van der Waals surface area contributed by atoms with Crippen LogP contribution < -0.4 is 5.73 Å². The summed E-state index contributed by atoms with van der Waals surface area (Å²) in [6, 6.07) is -0.863. The van der Waals surface area contributed by atoms with Gasteiger partial charge in [0, 0.05) is 12.6 Å². The molecule has 0 amide bonds. The van der Waals surface area contributed by atoms with E-state index in [1.165, 1.54) is 6.33 Å². The number of aliphatic carboxylic acids is 1. The molecule has 0 aliphatic carbocycles. The number of aromatic amines is 1. The molecule has 6 N–H and O–H groups in total. The zero-order valence-corrected chi connectivity index (χ0v) is 9.24. The highest BCUT2D eigenvalue weighted by Crippen LogP contribution is 1.95. The number of H-pyrrole nitrogens is 1. The number of hydrogen-bond acceptors (Lipinski definition) is 7. The normalized spacial score (nSPS) is 9.95. The zero-order valence-electron chi connectivity index (χ0n) is 9.24. The molecule has 0 spiro atoms. The minimum absolute atomic E-state index is 0.263. The maximum absolute atomic E-state index is 10.3. The van der Waals surface area contributed by atoms with Crippen LogP contribution in [0.15, 0.2) is 12.5 Å². The number of nitrogens with two attached hydrogens (primary N) is 1. The Kier molecular flexibility index (Phi) is 9.89. The molecule has 0 aliphatic heterocycles. The molecular weight excluding hydrogens is 270 g/mol. The Hall–Kier alpha value is -2.96. The maximum atomic E-state index is 10.3. The SMILES string of the molecule is NC(Cc1c[nH]cn1)C(=O)O.O=[N+]([O-])O.O=[N+]([O-])O. The van der Waals surface area contributed by atoms with Gasteiger partial charge < -0.3 is 26.2 Å². The molecule has 1 heterocycles. The minimum Gasteiger partial charge on any atom is -0.480 e. The van der Waals surface area contributed by atoms with E-state index in [2.05, 4.69) is 9.97 Å². The number of carboxylic acids is 1. The maximum Gasteiger partial charge on any atom is 0.320 e. The lowest BCUT2D eigenvalue weighted by atomic mass is 10.2. The highest BCUT2D eigenvalue weighted by atomic mass is 16.9. The second-order valence-corrected chi connectivity index (χ2v) is 2.69. The number of nitrogens with one attached hydrogen (secondary N) is 1. The van der Waals surface area contributed by atoms with Gasteiger partial charge in [0.2, 0.25) is 0 Å². The van der Waals surface area contributed by atoms with Crippen molar-refractivity contribution in [2.45, 2.75) is 12.5 Å². The van der Waals surface area contributed by atoms with Gasteiger partial charge in [-0.1, -0.05) is 0 Å². The largest absolute Gasteiger partial charge is 0.480 e. The highest BCUT2D eigenvalue weighted by Gasteiger charge is 2.12. The van der Waals surface area contributed by atoms with Gasteiger partial charge >= 0.3 is 5.97 Å². The summed E-state index contributed by atoms with van der Waals surface area (Å²) in [5, 5.41) is 35.7. The predicted octanol–water partition coefficient (Wildman–Crippen LogP) is -1.33. The number of rotatable bonds is 3. The van der Waals surface area contributed by atoms with Crippen molar-refractivity contribution in [3.8, 4) is 0 Å². The Morgan fingerprint density at radius 3 is 2.11 bits per heavy atom. The average molecular weight is 281 g/mol. The van der Waals surface area contributed by atoms with E-state index in [-0.39, 0.29) is 6.42 Å². The van der Waals surface area contributed by atoms with Crippen LogP contribution in [0.25, 0.3) is 0 Å². The van der Waals surface area contributed by atoms with Crippen LogP contribution in [0.3, 0.4) is 0 Å². The summed E-state index contributed by atoms with van der Waals surface area (Å²) in [6.07, 6.45) is 3.38. The Morgan fingerprint density at radius 1 is 1.42 bits per heavy atom. The van der Waals surface area contributed by atoms with Crippen LogP contribution in [0, 0.1) is 20.2 Å². The van der Waals surface area contributed by atoms with Crippen LogP contribution in [-0.2, 0) is 11.2 Å². The smallest absolute Gasteiger partial charge is 0.320 e. The lowest BCUT2D eigenvalue weighted by Gasteiger charge is -2.01. The van der Waals surface area contributed by atoms with Gasteiger partial charge in [-0.15, -0.1) is 20.2 Å². The quantitative estimate of drug-likeness (QED) is 0.324. The fourth-order valence-electron chi connectivity index (χ4n) is 0.715. The van der Waals surface area contributed by atoms with Crippen LogP contribution in [0.2, 0.25) is 0 Å². The number of imidazole rings is 1. The molecule has 0 aromatic carbocycles. The second-order valence-electron chi connectivity index (χ2n) is 2.69. The summed E-state index contributed by atoms with van der Waals surface area (Å²) < 4.78 is 0. The van der Waals surface area contributed by atoms with Crippen molar-refractivity contribution in [1.29, 1.82) is 0 Å². The van der Waals surface area contributed by atoms with Crippen LogP contribution in [0.5, 0.6) is 0 Å². The molecule has 0 bridgehead atoms. The number of aromatic nitrogens is 2. The van der Waals surface area contributed by atoms with Crippen molar-refractivity contribution < 1.29 is 30.5 Å². The van der Waals surface area contributed by atoms with Crippen LogP contribution in [0.4, 0.5) is 0 Å². The first kappa shape index (κ1) is 18.4. The molecule has 19 heavy (non-hydrogen) atoms. The first-order valence-electron chi connectivity index (χ1n) is 4.29. The fourth-order valence-corrected chi connectivity index (χ4v) is 0.715. The van der Waals surface area contributed by atoms with E-state index >= 15 is 0 Å². The molecule has 0 saturated heterocycles. The molecule has 0 saturated carbocycles. The van der Waals surface area contributed by atoms with Crippen LogP contribution in [-0.4, -0.2) is 47.7 Å². The molecule has 0 radical (unpaired) electrons. The van der Waals surface area contributed by atoms with Gasteiger partial charge in [-0.3, -0.25) is 4.79 Å². The second kappa shape index (κ2) is 10.2. The summed E-state index contributed by atoms with van der Waals surface area (Å²) in [6.45, 7) is 0. The van der Waals surface area contributed by atoms with Gasteiger partial charge in [-0.2, -0.15) is 0 Å². The van der Waals surface area contributed by atoms with Gasteiger partial charge in [0.15, 0.2) is 0 Å². The number of hydrogen-bond donors (Lipinski definition) is 5. The number of carbonyl (C=O) groups is 1. The van der Waals surface area contributed by atoms with Gasteiger partial charge in [-0.25, -0.2) is 4.98 Å². The van der Waals surface area contributed by atoms with Crippen molar-refractivity contribution in [3.63, 3.8) is 0 Å². The van der Waals surface area contributed by atoms with Gasteiger partial charge in [0.25, 0.3) is 10.2 Å². The lowest BCUT2D eigenvalue weighted by molar-refractivity contribution is -0.742. The van der Waals surface area contributed by atoms with Crippen molar-refractivity contribution >= 4 is 5.97 Å². The molecule has 0 aliphatic rings. The molecule has 1 aromatic heterocycles. The van der Waals surface area contributed by atoms with Crippen LogP contribution >= 0.6 is 0 Å². The molecule has 1 rings (SSSR count). The first-order chi connectivity index (χ1) is 8.66. The molecule has 0 fully saturated rings. The molecular formula is C6H11N5O8. The monoisotopic (exact) mass is 281 g/mol. The summed E-state index contributed by atoms with van der Waals surface area (Å²) in [5.41, 5.74) is 5.92. The first-order valence-corrected chi connectivity index (χ1v) is 4.29. The van der Waals surface area contributed by atoms with Crippen molar-refractivity contribution in [1.82, 2.24) is 9.97 Å². The summed E-state index contributed by atoms with van der Waals surface area (Å²) in [5.74, 6) is -1.01. The Bertz CT molecular complexity index is 372. The molecule has 13 heteroatoms. The van der Waals surface area contributed by atoms with Crippen molar-refractivity contribution in [3.05, 3.63) is 38.4 Å². The topological polar surface area (TPSA) is 219 Å². The fraction of sp³-hybridized carbons (Fsp3) is 0.333. The van der Waals surface area contributed by atoms with E-state index in [4.69, 9.17) is 41.5 Å². The van der Waals surface area contributed by atoms with E-state index in [1.54, 1.807) is 6.20 Å². The standard InChI is InChI=1S/C6H9N3O2.2HNO3/c7-5(6(10)11)1-4-2-8-3-9-4;2*2-1(3)4/h2-3,5H,1,7H2,(H,8,9)(H,10,11);2*(H,2,3,4). The van der Waals surface area contributed by atoms with Gasteiger partial charge in [0.1, 0.15) is 6.04 Å². The highest BCUT2D eigenvalue weighted by molar-refractivity contribution is 5.73. The molecule has 1 aromatic rings. The Labute approximate surface area is 104 Å². The van der Waals surface area contributed by atoms with E-state index in [9.17, 15) is 4.79 Å². The molecule has 108 valence electrons. The van der Waals surface area contributed by atoms with Crippen molar-refractivity contribution in [2.24, 2.45) is 5.73 Å². The summed E-state index contributed by atoms with van der Waals surface area (Å²) >= 11 is 0. The average Bonchev–Trinajstić information content (AvgIpc) is 2.68. The lowest BCUT2D eigenvalue weighted by Crippen LogP contribution is -2.32. The van der Waals surface area contributed by atoms with E-state index < -0.39 is 22.2 Å². The zero-order chi connectivity index (χ0) is 15.4. The summed E-state index contributed by atoms with van der Waals surface area (Å²) in [4.78, 5) is 33.5. The molecule has 13 nitrogen and oxygen atoms in total. The minimum atomic E-state index is -1.50. The molecule has 1 atom stereocenters. The third kappa shape index (κ3) is 17.6. The third-order valence-electron chi connectivity index (χ3n) is 1.30. The van der Waals surface area contributed by atoms with E-state index in [1.807, 2.05) is 0 Å². The van der Waals surface area contributed by atoms with Crippen LogP contribution in [0.1, 0.15) is 5.69 Å². The van der Waals surface area contributed by atoms with Crippen molar-refractivity contribution in [2.75, 3.05) is 0 Å². The third-order valence-corrected chi connectivity index (χ3v) is 1.30. The predicted molar refractivity (Wildman–Crippen MR) is 55.5 cm³/mol. The van der Waals surface area contributed by atoms with Gasteiger partial charge in [0.05, 0.1) is 12.0 Å². The van der Waals surface area contributed by atoms with Gasteiger partial charge in [-0.05, 0) is 0 Å². The number of carboxylic acid groups (broad SMARTS) is 1. The Balaban J connectivity index is 0. The summed E-state index contributed by atoms with van der Waals surface area (Å²) in [7, 11) is 0.